The lowest BCUT2D eigenvalue weighted by atomic mass is 9.80. The number of alkyl halides is 2. The van der Waals surface area contributed by atoms with Crippen LogP contribution in [0.1, 0.15) is 44.6 Å². The lowest BCUT2D eigenvalue weighted by molar-refractivity contribution is -0.175. The van der Waals surface area contributed by atoms with Crippen LogP contribution in [-0.4, -0.2) is 53.2 Å². The van der Waals surface area contributed by atoms with E-state index in [4.69, 9.17) is 4.74 Å². The summed E-state index contributed by atoms with van der Waals surface area (Å²) in [5, 5.41) is 11.2. The third-order valence-electron chi connectivity index (χ3n) is 6.13. The maximum atomic E-state index is 13.8. The Balaban J connectivity index is 1.57. The highest BCUT2D eigenvalue weighted by atomic mass is 19.3. The van der Waals surface area contributed by atoms with Crippen LogP contribution >= 0.6 is 0 Å². The van der Waals surface area contributed by atoms with Gasteiger partial charge in [0, 0.05) is 44.8 Å². The van der Waals surface area contributed by atoms with Gasteiger partial charge in [0.1, 0.15) is 0 Å². The molecule has 0 amide bonds. The molecule has 0 saturated heterocycles. The van der Waals surface area contributed by atoms with Crippen molar-refractivity contribution in [3.63, 3.8) is 0 Å². The second-order valence-corrected chi connectivity index (χ2v) is 8.10. The summed E-state index contributed by atoms with van der Waals surface area (Å²) in [7, 11) is 2.01. The Labute approximate surface area is 170 Å². The highest BCUT2D eigenvalue weighted by molar-refractivity contribution is 5.81. The molecule has 0 aromatic heterocycles. The standard InChI is InChI=1S/C22H30F2N2O3/c1-17-25(2)13-14-26(17)12-6-7-15-29-20(27)22(28,18-8-4-3-5-9-18)19-10-11-21(23,24)16-19/h3-5,8-9,13-14,17,19,28H,6-7,10-12,15-16H2,1-2H3/t17?,19-,22+/m1/s1. The second-order valence-electron chi connectivity index (χ2n) is 8.10. The number of ether oxygens (including phenoxy) is 1. The first-order valence-electron chi connectivity index (χ1n) is 10.2. The van der Waals surface area contributed by atoms with Gasteiger partial charge in [-0.3, -0.25) is 0 Å². The molecular weight excluding hydrogens is 378 g/mol. The fourth-order valence-electron chi connectivity index (χ4n) is 4.13. The zero-order chi connectivity index (χ0) is 21.1. The van der Waals surface area contributed by atoms with Crippen molar-refractivity contribution in [1.29, 1.82) is 0 Å². The Morgan fingerprint density at radius 3 is 2.59 bits per heavy atom. The molecule has 0 spiro atoms. The third-order valence-corrected chi connectivity index (χ3v) is 6.13. The number of rotatable bonds is 8. The van der Waals surface area contributed by atoms with Gasteiger partial charge in [-0.25, -0.2) is 13.6 Å². The van der Waals surface area contributed by atoms with E-state index in [1.807, 2.05) is 19.4 Å². The van der Waals surface area contributed by atoms with Gasteiger partial charge >= 0.3 is 5.97 Å². The first kappa shape index (κ1) is 21.6. The normalized spacial score (nSPS) is 25.3. The Morgan fingerprint density at radius 1 is 1.28 bits per heavy atom. The summed E-state index contributed by atoms with van der Waals surface area (Å²) in [6.45, 7) is 3.09. The first-order valence-corrected chi connectivity index (χ1v) is 10.2. The van der Waals surface area contributed by atoms with Crippen LogP contribution in [0.2, 0.25) is 0 Å². The summed E-state index contributed by atoms with van der Waals surface area (Å²) in [4.78, 5) is 17.1. The second kappa shape index (κ2) is 8.69. The van der Waals surface area contributed by atoms with Crippen molar-refractivity contribution in [2.75, 3.05) is 20.2 Å². The number of unbranched alkanes of at least 4 members (excludes halogenated alkanes) is 1. The van der Waals surface area contributed by atoms with Gasteiger partial charge in [-0.1, -0.05) is 30.3 Å². The average molecular weight is 408 g/mol. The monoisotopic (exact) mass is 408 g/mol. The number of carbonyl (C=O) groups excluding carboxylic acids is 1. The molecule has 0 bridgehead atoms. The molecule has 1 aliphatic heterocycles. The molecule has 1 aromatic carbocycles. The first-order chi connectivity index (χ1) is 13.7. The predicted octanol–water partition coefficient (Wildman–Crippen LogP) is 3.70. The summed E-state index contributed by atoms with van der Waals surface area (Å²) in [6.07, 6.45) is 5.05. The minimum Gasteiger partial charge on any atom is -0.463 e. The molecule has 2 aliphatic rings. The third kappa shape index (κ3) is 4.71. The molecule has 3 rings (SSSR count). The van der Waals surface area contributed by atoms with Gasteiger partial charge in [-0.2, -0.15) is 0 Å². The summed E-state index contributed by atoms with van der Waals surface area (Å²) < 4.78 is 32.9. The minimum absolute atomic E-state index is 0.0835. The summed E-state index contributed by atoms with van der Waals surface area (Å²) in [5.41, 5.74) is -1.73. The number of aliphatic hydroxyl groups is 1. The van der Waals surface area contributed by atoms with Crippen LogP contribution in [0, 0.1) is 5.92 Å². The van der Waals surface area contributed by atoms with Gasteiger partial charge in [0.2, 0.25) is 5.92 Å². The summed E-state index contributed by atoms with van der Waals surface area (Å²) >= 11 is 0. The van der Waals surface area contributed by atoms with Crippen molar-refractivity contribution in [2.24, 2.45) is 5.92 Å². The lowest BCUT2D eigenvalue weighted by Crippen LogP contribution is -2.44. The number of hydrogen-bond donors (Lipinski definition) is 1. The topological polar surface area (TPSA) is 53.0 Å². The van der Waals surface area contributed by atoms with Crippen LogP contribution in [0.4, 0.5) is 8.78 Å². The van der Waals surface area contributed by atoms with Gasteiger partial charge in [0.05, 0.1) is 12.8 Å². The Kier molecular flexibility index (Phi) is 6.46. The molecule has 1 N–H and O–H groups in total. The smallest absolute Gasteiger partial charge is 0.343 e. The van der Waals surface area contributed by atoms with Gasteiger partial charge < -0.3 is 19.6 Å². The molecule has 160 valence electrons. The molecule has 1 heterocycles. The van der Waals surface area contributed by atoms with Crippen LogP contribution < -0.4 is 0 Å². The molecule has 29 heavy (non-hydrogen) atoms. The van der Waals surface area contributed by atoms with E-state index >= 15 is 0 Å². The lowest BCUT2D eigenvalue weighted by Gasteiger charge is -2.32. The number of benzene rings is 1. The van der Waals surface area contributed by atoms with Crippen molar-refractivity contribution in [2.45, 2.75) is 56.7 Å². The molecule has 7 heteroatoms. The molecule has 3 atom stereocenters. The maximum absolute atomic E-state index is 13.8. The van der Waals surface area contributed by atoms with E-state index in [9.17, 15) is 18.7 Å². The van der Waals surface area contributed by atoms with E-state index < -0.39 is 29.8 Å². The zero-order valence-corrected chi connectivity index (χ0v) is 17.1. The van der Waals surface area contributed by atoms with E-state index in [0.29, 0.717) is 18.2 Å². The molecule has 1 saturated carbocycles. The number of carbonyl (C=O) groups is 1. The van der Waals surface area contributed by atoms with Crippen LogP contribution in [0.3, 0.4) is 0 Å². The molecule has 1 aromatic rings. The van der Waals surface area contributed by atoms with Gasteiger partial charge in [0.15, 0.2) is 5.60 Å². The Morgan fingerprint density at radius 2 is 2.00 bits per heavy atom. The zero-order valence-electron chi connectivity index (χ0n) is 17.1. The van der Waals surface area contributed by atoms with Gasteiger partial charge in [-0.15, -0.1) is 0 Å². The van der Waals surface area contributed by atoms with E-state index in [1.54, 1.807) is 30.3 Å². The van der Waals surface area contributed by atoms with Crippen molar-refractivity contribution in [1.82, 2.24) is 9.80 Å². The number of esters is 1. The highest BCUT2D eigenvalue weighted by Crippen LogP contribution is 2.47. The van der Waals surface area contributed by atoms with Crippen LogP contribution in [0.25, 0.3) is 0 Å². The molecule has 5 nitrogen and oxygen atoms in total. The van der Waals surface area contributed by atoms with Crippen molar-refractivity contribution >= 4 is 5.97 Å². The van der Waals surface area contributed by atoms with E-state index in [2.05, 4.69) is 16.7 Å². The van der Waals surface area contributed by atoms with E-state index in [1.165, 1.54) is 0 Å². The van der Waals surface area contributed by atoms with Gasteiger partial charge in [-0.05, 0) is 31.7 Å². The SMILES string of the molecule is CC1N(C)C=CN1CCCCOC(=O)[C@](O)(c1ccccc1)[C@@H]1CCC(F)(F)C1. The Hall–Kier alpha value is -2.15. The predicted molar refractivity (Wildman–Crippen MR) is 106 cm³/mol. The van der Waals surface area contributed by atoms with Crippen LogP contribution in [-0.2, 0) is 15.1 Å². The molecule has 1 fully saturated rings. The maximum Gasteiger partial charge on any atom is 0.343 e. The Bertz CT molecular complexity index is 728. The van der Waals surface area contributed by atoms with Gasteiger partial charge in [0.25, 0.3) is 0 Å². The summed E-state index contributed by atoms with van der Waals surface area (Å²) in [5.74, 6) is -4.56. The average Bonchev–Trinajstić information content (AvgIpc) is 3.23. The van der Waals surface area contributed by atoms with E-state index in [-0.39, 0.29) is 19.4 Å². The largest absolute Gasteiger partial charge is 0.463 e. The van der Waals surface area contributed by atoms with E-state index in [0.717, 1.165) is 13.0 Å². The minimum atomic E-state index is -2.86. The molecule has 1 aliphatic carbocycles. The van der Waals surface area contributed by atoms with Crippen LogP contribution in [0.5, 0.6) is 0 Å². The fourth-order valence-corrected chi connectivity index (χ4v) is 4.13. The number of nitrogens with zero attached hydrogens (tertiary/aromatic N) is 2. The molecular formula is C22H30F2N2O3. The summed E-state index contributed by atoms with van der Waals surface area (Å²) in [6, 6.07) is 8.30. The van der Waals surface area contributed by atoms with Crippen molar-refractivity contribution in [3.05, 3.63) is 48.3 Å². The quantitative estimate of drug-likeness (QED) is 0.525. The number of hydrogen-bond acceptors (Lipinski definition) is 5. The fraction of sp³-hybridized carbons (Fsp3) is 0.591. The molecule has 0 radical (unpaired) electrons. The van der Waals surface area contributed by atoms with Crippen molar-refractivity contribution in [3.8, 4) is 0 Å². The van der Waals surface area contributed by atoms with Crippen molar-refractivity contribution < 1.29 is 23.4 Å². The molecule has 1 unspecified atom stereocenters. The van der Waals surface area contributed by atoms with Crippen LogP contribution in [0.15, 0.2) is 42.7 Å². The number of halogens is 2. The highest BCUT2D eigenvalue weighted by Gasteiger charge is 2.54.